The molecule has 0 saturated heterocycles. The topological polar surface area (TPSA) is 8.81 Å². The molecule has 2 heteroatoms. The van der Waals surface area contributed by atoms with Gasteiger partial charge in [-0.2, -0.15) is 0 Å². The molecule has 1 rings (SSSR count). The van der Waals surface area contributed by atoms with Crippen LogP contribution in [0.15, 0.2) is 12.4 Å². The Balaban J connectivity index is 2.19. The van der Waals surface area contributed by atoms with Crippen molar-refractivity contribution in [2.24, 2.45) is 0 Å². The average molecular weight is 588 g/mol. The first-order chi connectivity index (χ1) is 20.8. The summed E-state index contributed by atoms with van der Waals surface area (Å²) in [6, 6.07) is 0. The van der Waals surface area contributed by atoms with Crippen LogP contribution in [0, 0.1) is 0 Å². The van der Waals surface area contributed by atoms with Gasteiger partial charge in [-0.1, -0.05) is 188 Å². The molecular weight excluding hydrogens is 508 g/mol. The zero-order valence-electron chi connectivity index (χ0n) is 29.6. The summed E-state index contributed by atoms with van der Waals surface area (Å²) in [7, 11) is 0. The highest BCUT2D eigenvalue weighted by atomic mass is 15.1. The summed E-state index contributed by atoms with van der Waals surface area (Å²) in [6.07, 6.45) is 50.4. The Morgan fingerprint density at radius 3 is 1.14 bits per heavy atom. The summed E-state index contributed by atoms with van der Waals surface area (Å²) in [5, 5.41) is 0. The van der Waals surface area contributed by atoms with E-state index in [9.17, 15) is 0 Å². The number of rotatable bonds is 34. The van der Waals surface area contributed by atoms with Gasteiger partial charge in [-0.15, -0.1) is 0 Å². The van der Waals surface area contributed by atoms with Crippen molar-refractivity contribution in [3.8, 4) is 0 Å². The summed E-state index contributed by atoms with van der Waals surface area (Å²) in [5.41, 5.74) is 0. The van der Waals surface area contributed by atoms with Crippen molar-refractivity contribution < 1.29 is 4.57 Å². The van der Waals surface area contributed by atoms with Crippen molar-refractivity contribution >= 4 is 0 Å². The SMILES string of the molecule is CCCCCCCCCCCCCCCCCCc1n(CCCCCCCCCCCC)cc[n+]1CCCCCCC. The number of unbranched alkanes of at least 4 members (excludes halogenated alkanes) is 28. The zero-order chi connectivity index (χ0) is 30.2. The van der Waals surface area contributed by atoms with Crippen molar-refractivity contribution in [2.75, 3.05) is 0 Å². The fourth-order valence-corrected chi connectivity index (χ4v) is 6.68. The molecule has 0 aliphatic heterocycles. The van der Waals surface area contributed by atoms with Crippen LogP contribution in [0.4, 0.5) is 0 Å². The summed E-state index contributed by atoms with van der Waals surface area (Å²) < 4.78 is 5.25. The number of aryl methyl sites for hydroxylation is 2. The molecule has 0 spiro atoms. The standard InChI is InChI=1S/C40H79N2/c1-4-7-10-13-15-17-19-20-21-22-23-24-25-27-29-32-35-40-41(36-33-30-12-9-6-3)38-39-42(40)37-34-31-28-26-18-16-14-11-8-5-2/h38-39H,4-37H2,1-3H3/q+1. The number of aromatic nitrogens is 2. The third-order valence-corrected chi connectivity index (χ3v) is 9.60. The third kappa shape index (κ3) is 23.6. The number of hydrogen-bond acceptors (Lipinski definition) is 0. The van der Waals surface area contributed by atoms with Gasteiger partial charge in [-0.25, -0.2) is 9.13 Å². The van der Waals surface area contributed by atoms with Crippen LogP contribution in [-0.4, -0.2) is 4.57 Å². The van der Waals surface area contributed by atoms with Gasteiger partial charge in [0, 0.05) is 6.42 Å². The van der Waals surface area contributed by atoms with Crippen molar-refractivity contribution in [3.05, 3.63) is 18.2 Å². The third-order valence-electron chi connectivity index (χ3n) is 9.60. The van der Waals surface area contributed by atoms with Crippen molar-refractivity contribution in [1.29, 1.82) is 0 Å². The Bertz CT molecular complexity index is 648. The molecule has 0 N–H and O–H groups in total. The van der Waals surface area contributed by atoms with Gasteiger partial charge in [-0.3, -0.25) is 0 Å². The minimum Gasteiger partial charge on any atom is -0.234 e. The highest BCUT2D eigenvalue weighted by Crippen LogP contribution is 2.15. The van der Waals surface area contributed by atoms with Gasteiger partial charge >= 0.3 is 0 Å². The summed E-state index contributed by atoms with van der Waals surface area (Å²) in [6.45, 7) is 9.40. The molecule has 2 nitrogen and oxygen atoms in total. The van der Waals surface area contributed by atoms with Gasteiger partial charge in [-0.05, 0) is 32.1 Å². The van der Waals surface area contributed by atoms with E-state index in [-0.39, 0.29) is 0 Å². The minimum atomic E-state index is 1.23. The van der Waals surface area contributed by atoms with Crippen LogP contribution in [0.5, 0.6) is 0 Å². The highest BCUT2D eigenvalue weighted by molar-refractivity contribution is 4.84. The van der Waals surface area contributed by atoms with E-state index >= 15 is 0 Å². The van der Waals surface area contributed by atoms with Gasteiger partial charge in [0.05, 0.1) is 13.1 Å². The second-order valence-corrected chi connectivity index (χ2v) is 13.8. The predicted octanol–water partition coefficient (Wildman–Crippen LogP) is 13.5. The smallest absolute Gasteiger partial charge is 0.234 e. The maximum atomic E-state index is 2.63. The zero-order valence-corrected chi connectivity index (χ0v) is 29.6. The second-order valence-electron chi connectivity index (χ2n) is 13.8. The molecule has 0 amide bonds. The Morgan fingerprint density at radius 1 is 0.405 bits per heavy atom. The molecule has 1 aromatic rings. The molecule has 0 unspecified atom stereocenters. The summed E-state index contributed by atoms with van der Waals surface area (Å²) in [4.78, 5) is 0. The lowest BCUT2D eigenvalue weighted by Gasteiger charge is -2.07. The van der Waals surface area contributed by atoms with E-state index in [0.717, 1.165) is 0 Å². The van der Waals surface area contributed by atoms with Crippen LogP contribution < -0.4 is 4.57 Å². The van der Waals surface area contributed by atoms with Gasteiger partial charge < -0.3 is 0 Å². The van der Waals surface area contributed by atoms with Crippen LogP contribution in [0.1, 0.15) is 226 Å². The van der Waals surface area contributed by atoms with Crippen molar-refractivity contribution in [2.45, 2.75) is 239 Å². The molecule has 1 aromatic heterocycles. The van der Waals surface area contributed by atoms with Gasteiger partial charge in [0.25, 0.3) is 5.82 Å². The number of hydrogen-bond donors (Lipinski definition) is 0. The molecule has 0 fully saturated rings. The first-order valence-corrected chi connectivity index (χ1v) is 19.9. The lowest BCUT2D eigenvalue weighted by Crippen LogP contribution is -2.37. The summed E-state index contributed by atoms with van der Waals surface area (Å²) >= 11 is 0. The number of imidazole rings is 1. The second kappa shape index (κ2) is 31.6. The molecule has 0 radical (unpaired) electrons. The van der Waals surface area contributed by atoms with Crippen LogP contribution in [0.3, 0.4) is 0 Å². The first-order valence-electron chi connectivity index (χ1n) is 19.9. The van der Waals surface area contributed by atoms with Crippen LogP contribution in [0.2, 0.25) is 0 Å². The summed E-state index contributed by atoms with van der Waals surface area (Å²) in [5.74, 6) is 1.62. The van der Waals surface area contributed by atoms with Gasteiger partial charge in [0.15, 0.2) is 0 Å². The lowest BCUT2D eigenvalue weighted by molar-refractivity contribution is -0.704. The normalized spacial score (nSPS) is 11.6. The van der Waals surface area contributed by atoms with Crippen molar-refractivity contribution in [3.63, 3.8) is 0 Å². The van der Waals surface area contributed by atoms with E-state index in [1.807, 2.05) is 0 Å². The Kier molecular flexibility index (Phi) is 29.5. The number of nitrogens with zero attached hydrogens (tertiary/aromatic N) is 2. The van der Waals surface area contributed by atoms with Crippen molar-refractivity contribution in [1.82, 2.24) is 4.57 Å². The van der Waals surface area contributed by atoms with Gasteiger partial charge in [0.2, 0.25) is 0 Å². The monoisotopic (exact) mass is 588 g/mol. The predicted molar refractivity (Wildman–Crippen MR) is 188 cm³/mol. The lowest BCUT2D eigenvalue weighted by atomic mass is 10.0. The molecule has 0 aliphatic rings. The van der Waals surface area contributed by atoms with Crippen LogP contribution in [-0.2, 0) is 19.5 Å². The largest absolute Gasteiger partial charge is 0.256 e. The molecule has 1 heterocycles. The fraction of sp³-hybridized carbons (Fsp3) is 0.925. The molecular formula is C40H79N2+. The van der Waals surface area contributed by atoms with E-state index in [4.69, 9.17) is 0 Å². The fourth-order valence-electron chi connectivity index (χ4n) is 6.68. The molecule has 0 aromatic carbocycles. The maximum absolute atomic E-state index is 2.63. The molecule has 248 valence electrons. The quantitative estimate of drug-likeness (QED) is 0.0560. The van der Waals surface area contributed by atoms with E-state index in [1.54, 1.807) is 5.82 Å². The first kappa shape index (κ1) is 39.2. The molecule has 42 heavy (non-hydrogen) atoms. The van der Waals surface area contributed by atoms with E-state index < -0.39 is 0 Å². The Hall–Kier alpha value is -0.790. The van der Waals surface area contributed by atoms with E-state index in [1.165, 1.54) is 219 Å². The van der Waals surface area contributed by atoms with E-state index in [0.29, 0.717) is 0 Å². The Labute approximate surface area is 266 Å². The van der Waals surface area contributed by atoms with E-state index in [2.05, 4.69) is 42.3 Å². The molecule has 0 atom stereocenters. The molecule has 0 aliphatic carbocycles. The molecule has 0 saturated carbocycles. The Morgan fingerprint density at radius 2 is 0.738 bits per heavy atom. The maximum Gasteiger partial charge on any atom is 0.256 e. The molecule has 0 bridgehead atoms. The van der Waals surface area contributed by atoms with Crippen LogP contribution >= 0.6 is 0 Å². The minimum absolute atomic E-state index is 1.23. The highest BCUT2D eigenvalue weighted by Gasteiger charge is 2.16. The average Bonchev–Trinajstić information content (AvgIpc) is 3.38. The van der Waals surface area contributed by atoms with Gasteiger partial charge in [0.1, 0.15) is 12.4 Å². The van der Waals surface area contributed by atoms with Crippen LogP contribution in [0.25, 0.3) is 0 Å².